The van der Waals surface area contributed by atoms with E-state index in [1.165, 1.54) is 29.5 Å². The number of hydrogen-bond donors (Lipinski definition) is 1. The van der Waals surface area contributed by atoms with Crippen molar-refractivity contribution in [3.8, 4) is 0 Å². The summed E-state index contributed by atoms with van der Waals surface area (Å²) in [5, 5.41) is 15.4. The Morgan fingerprint density at radius 1 is 1.48 bits per heavy atom. The molecule has 2 heterocycles. The Kier molecular flexibility index (Phi) is 3.56. The number of aromatic nitrogens is 4. The number of carbonyl (C=O) groups excluding carboxylic acids is 1. The van der Waals surface area contributed by atoms with Crippen molar-refractivity contribution in [1.82, 2.24) is 25.1 Å². The Hall–Kier alpha value is -2.06. The second-order valence-electron chi connectivity index (χ2n) is 4.22. The van der Waals surface area contributed by atoms with Crippen molar-refractivity contribution < 1.29 is 9.18 Å². The predicted octanol–water partition coefficient (Wildman–Crippen LogP) is 2.22. The number of halogens is 2. The van der Waals surface area contributed by atoms with Crippen molar-refractivity contribution in [1.29, 1.82) is 0 Å². The molecule has 21 heavy (non-hydrogen) atoms. The second-order valence-corrected chi connectivity index (χ2v) is 5.66. The number of hydrogen-bond acceptors (Lipinski definition) is 5. The van der Waals surface area contributed by atoms with Gasteiger partial charge < -0.3 is 5.32 Å². The molecule has 6 nitrogen and oxygen atoms in total. The molecule has 0 bridgehead atoms. The molecule has 1 N–H and O–H groups in total. The molecule has 0 saturated heterocycles. The van der Waals surface area contributed by atoms with Crippen LogP contribution in [0.3, 0.4) is 0 Å². The van der Waals surface area contributed by atoms with E-state index in [-0.39, 0.29) is 17.1 Å². The maximum Gasteiger partial charge on any atom is 0.256 e. The van der Waals surface area contributed by atoms with E-state index >= 15 is 0 Å². The Balaban J connectivity index is 1.76. The van der Waals surface area contributed by atoms with E-state index in [4.69, 9.17) is 11.6 Å². The smallest absolute Gasteiger partial charge is 0.256 e. The molecular weight excluding hydrogens is 317 g/mol. The summed E-state index contributed by atoms with van der Waals surface area (Å²) < 4.78 is 15.2. The number of aryl methyl sites for hydroxylation is 1. The molecule has 0 atom stereocenters. The van der Waals surface area contributed by atoms with Crippen molar-refractivity contribution in [3.05, 3.63) is 45.4 Å². The Morgan fingerprint density at radius 3 is 3.00 bits per heavy atom. The number of nitrogens with one attached hydrogen (secondary N) is 1. The summed E-state index contributed by atoms with van der Waals surface area (Å²) >= 11 is 7.14. The number of carbonyl (C=O) groups is 1. The minimum absolute atomic E-state index is 0.0708. The van der Waals surface area contributed by atoms with Gasteiger partial charge in [-0.15, -0.1) is 10.2 Å². The van der Waals surface area contributed by atoms with Gasteiger partial charge >= 0.3 is 0 Å². The third kappa shape index (κ3) is 2.59. The molecule has 0 aliphatic carbocycles. The maximum atomic E-state index is 13.6. The fourth-order valence-corrected chi connectivity index (χ4v) is 2.85. The van der Waals surface area contributed by atoms with Crippen LogP contribution < -0.4 is 5.32 Å². The lowest BCUT2D eigenvalue weighted by Gasteiger charge is -2.05. The normalized spacial score (nSPS) is 11.0. The van der Waals surface area contributed by atoms with Crippen LogP contribution >= 0.6 is 22.9 Å². The molecule has 0 saturated carbocycles. The van der Waals surface area contributed by atoms with Crippen molar-refractivity contribution in [2.75, 3.05) is 0 Å². The summed E-state index contributed by atoms with van der Waals surface area (Å²) in [6.07, 6.45) is 0. The molecule has 0 radical (unpaired) electrons. The van der Waals surface area contributed by atoms with Gasteiger partial charge in [0.1, 0.15) is 10.8 Å². The van der Waals surface area contributed by atoms with Gasteiger partial charge in [-0.05, 0) is 19.1 Å². The Labute approximate surface area is 127 Å². The van der Waals surface area contributed by atoms with Crippen LogP contribution in [0.4, 0.5) is 4.39 Å². The zero-order valence-corrected chi connectivity index (χ0v) is 12.4. The minimum atomic E-state index is -0.658. The number of rotatable bonds is 3. The molecule has 0 aliphatic heterocycles. The van der Waals surface area contributed by atoms with Crippen LogP contribution in [0.5, 0.6) is 0 Å². The van der Waals surface area contributed by atoms with Gasteiger partial charge in [0.15, 0.2) is 5.82 Å². The molecule has 1 amide bonds. The molecule has 0 aliphatic rings. The monoisotopic (exact) mass is 325 g/mol. The maximum absolute atomic E-state index is 13.6. The lowest BCUT2D eigenvalue weighted by molar-refractivity contribution is 0.0947. The fourth-order valence-electron chi connectivity index (χ4n) is 1.78. The fraction of sp³-hybridized carbons (Fsp3) is 0.167. The minimum Gasteiger partial charge on any atom is -0.345 e. The lowest BCUT2D eigenvalue weighted by atomic mass is 10.2. The highest BCUT2D eigenvalue weighted by Gasteiger charge is 2.16. The van der Waals surface area contributed by atoms with E-state index in [1.54, 1.807) is 11.4 Å². The lowest BCUT2D eigenvalue weighted by Crippen LogP contribution is -2.24. The van der Waals surface area contributed by atoms with Crippen LogP contribution in [0.15, 0.2) is 18.2 Å². The van der Waals surface area contributed by atoms with Gasteiger partial charge in [-0.2, -0.15) is 9.61 Å². The summed E-state index contributed by atoms with van der Waals surface area (Å²) in [7, 11) is 0. The molecule has 0 fully saturated rings. The summed E-state index contributed by atoms with van der Waals surface area (Å²) in [5.41, 5.74) is -0.168. The summed E-state index contributed by atoms with van der Waals surface area (Å²) in [5.74, 6) is -0.578. The van der Waals surface area contributed by atoms with Gasteiger partial charge in [0.25, 0.3) is 5.91 Å². The highest BCUT2D eigenvalue weighted by atomic mass is 35.5. The molecule has 3 aromatic rings. The zero-order chi connectivity index (χ0) is 15.0. The molecule has 108 valence electrons. The molecule has 0 unspecified atom stereocenters. The molecule has 2 aromatic heterocycles. The first-order valence-corrected chi connectivity index (χ1v) is 7.15. The second kappa shape index (κ2) is 5.38. The largest absolute Gasteiger partial charge is 0.345 e. The number of fused-ring (bicyclic) bond motifs is 1. The van der Waals surface area contributed by atoms with Crippen molar-refractivity contribution in [2.45, 2.75) is 13.5 Å². The van der Waals surface area contributed by atoms with Crippen molar-refractivity contribution >= 4 is 33.8 Å². The van der Waals surface area contributed by atoms with Gasteiger partial charge in [-0.25, -0.2) is 4.39 Å². The SMILES string of the molecule is Cc1nnc2sc(CNC(=O)c3c(F)cccc3Cl)nn12. The molecule has 9 heteroatoms. The number of benzene rings is 1. The zero-order valence-electron chi connectivity index (χ0n) is 10.8. The van der Waals surface area contributed by atoms with Gasteiger partial charge in [-0.3, -0.25) is 4.79 Å². The van der Waals surface area contributed by atoms with Crippen LogP contribution in [-0.2, 0) is 6.54 Å². The third-order valence-electron chi connectivity index (χ3n) is 2.78. The van der Waals surface area contributed by atoms with Crippen LogP contribution in [0.25, 0.3) is 4.96 Å². The molecule has 3 rings (SSSR count). The van der Waals surface area contributed by atoms with Crippen LogP contribution in [-0.4, -0.2) is 25.7 Å². The number of nitrogens with zero attached hydrogens (tertiary/aromatic N) is 4. The standard InChI is InChI=1S/C12H9ClFN5OS/c1-6-16-17-12-19(6)18-9(21-12)5-15-11(20)10-7(13)3-2-4-8(10)14/h2-4H,5H2,1H3,(H,15,20). The Morgan fingerprint density at radius 2 is 2.29 bits per heavy atom. The van der Waals surface area contributed by atoms with Crippen LogP contribution in [0, 0.1) is 12.7 Å². The van der Waals surface area contributed by atoms with Gasteiger partial charge in [0, 0.05) is 0 Å². The van der Waals surface area contributed by atoms with Gasteiger partial charge in [0.2, 0.25) is 4.96 Å². The van der Waals surface area contributed by atoms with E-state index in [1.807, 2.05) is 0 Å². The predicted molar refractivity (Wildman–Crippen MR) is 76.0 cm³/mol. The van der Waals surface area contributed by atoms with E-state index in [9.17, 15) is 9.18 Å². The first-order chi connectivity index (χ1) is 10.1. The van der Waals surface area contributed by atoms with Gasteiger partial charge in [0.05, 0.1) is 17.1 Å². The highest BCUT2D eigenvalue weighted by Crippen LogP contribution is 2.19. The summed E-state index contributed by atoms with van der Waals surface area (Å²) in [6.45, 7) is 1.94. The van der Waals surface area contributed by atoms with E-state index in [0.717, 1.165) is 0 Å². The molecule has 1 aromatic carbocycles. The van der Waals surface area contributed by atoms with E-state index < -0.39 is 11.7 Å². The van der Waals surface area contributed by atoms with Crippen molar-refractivity contribution in [3.63, 3.8) is 0 Å². The summed E-state index contributed by atoms with van der Waals surface area (Å²) in [6, 6.07) is 4.10. The topological polar surface area (TPSA) is 72.2 Å². The summed E-state index contributed by atoms with van der Waals surface area (Å²) in [4.78, 5) is 12.6. The third-order valence-corrected chi connectivity index (χ3v) is 3.99. The van der Waals surface area contributed by atoms with Crippen molar-refractivity contribution in [2.24, 2.45) is 0 Å². The van der Waals surface area contributed by atoms with Gasteiger partial charge in [-0.1, -0.05) is 29.0 Å². The molecular formula is C12H9ClFN5OS. The van der Waals surface area contributed by atoms with Crippen LogP contribution in [0.1, 0.15) is 21.2 Å². The van der Waals surface area contributed by atoms with Crippen LogP contribution in [0.2, 0.25) is 5.02 Å². The number of amides is 1. The first-order valence-electron chi connectivity index (χ1n) is 5.96. The average Bonchev–Trinajstić information content (AvgIpc) is 2.99. The first kappa shape index (κ1) is 13.9. The highest BCUT2D eigenvalue weighted by molar-refractivity contribution is 7.16. The average molecular weight is 326 g/mol. The Bertz CT molecular complexity index is 810. The molecule has 0 spiro atoms. The van der Waals surface area contributed by atoms with E-state index in [0.29, 0.717) is 15.8 Å². The quantitative estimate of drug-likeness (QED) is 0.801. The van der Waals surface area contributed by atoms with E-state index in [2.05, 4.69) is 20.6 Å².